The average Bonchev–Trinajstić information content (AvgIpc) is 2.80. The topological polar surface area (TPSA) is 28.6 Å². The Labute approximate surface area is 121 Å². The van der Waals surface area contributed by atoms with Gasteiger partial charge in [-0.05, 0) is 38.8 Å². The van der Waals surface area contributed by atoms with E-state index in [1.54, 1.807) is 0 Å². The van der Waals surface area contributed by atoms with Crippen molar-refractivity contribution in [1.82, 2.24) is 9.88 Å². The van der Waals surface area contributed by atoms with Crippen LogP contribution in [0.1, 0.15) is 26.7 Å². The number of aromatic nitrogens is 1. The van der Waals surface area contributed by atoms with E-state index in [0.717, 1.165) is 38.5 Å². The molecule has 3 rings (SSSR count). The number of anilines is 1. The summed E-state index contributed by atoms with van der Waals surface area (Å²) in [6.07, 6.45) is 4.68. The molecule has 0 spiro atoms. The summed E-state index contributed by atoms with van der Waals surface area (Å²) in [6.45, 7) is 9.82. The van der Waals surface area contributed by atoms with Gasteiger partial charge in [0.05, 0.1) is 11.7 Å². The van der Waals surface area contributed by atoms with Crippen LogP contribution < -0.4 is 4.90 Å². The van der Waals surface area contributed by atoms with Gasteiger partial charge in [-0.1, -0.05) is 6.07 Å². The van der Waals surface area contributed by atoms with Crippen molar-refractivity contribution in [2.45, 2.75) is 38.4 Å². The molecule has 0 saturated carbocycles. The first kappa shape index (κ1) is 13.8. The van der Waals surface area contributed by atoms with Crippen molar-refractivity contribution in [1.29, 1.82) is 0 Å². The van der Waals surface area contributed by atoms with Crippen molar-refractivity contribution >= 4 is 5.82 Å². The van der Waals surface area contributed by atoms with E-state index in [-0.39, 0.29) is 5.60 Å². The summed E-state index contributed by atoms with van der Waals surface area (Å²) in [7, 11) is 0. The summed E-state index contributed by atoms with van der Waals surface area (Å²) in [4.78, 5) is 9.34. The number of hydrogen-bond acceptors (Lipinski definition) is 4. The van der Waals surface area contributed by atoms with Crippen molar-refractivity contribution in [3.63, 3.8) is 0 Å². The third-order valence-corrected chi connectivity index (χ3v) is 4.36. The van der Waals surface area contributed by atoms with Crippen LogP contribution in [0.4, 0.5) is 5.82 Å². The van der Waals surface area contributed by atoms with Gasteiger partial charge in [0.1, 0.15) is 5.82 Å². The Bertz CT molecular complexity index is 427. The first-order valence-corrected chi connectivity index (χ1v) is 7.69. The molecule has 2 aliphatic heterocycles. The van der Waals surface area contributed by atoms with Crippen molar-refractivity contribution in [3.05, 3.63) is 24.4 Å². The fourth-order valence-electron chi connectivity index (χ4n) is 3.19. The lowest BCUT2D eigenvalue weighted by molar-refractivity contribution is -0.0291. The summed E-state index contributed by atoms with van der Waals surface area (Å²) < 4.78 is 6.10. The molecule has 4 heteroatoms. The number of piperazine rings is 1. The molecule has 3 heterocycles. The van der Waals surface area contributed by atoms with Gasteiger partial charge in [-0.25, -0.2) is 4.98 Å². The molecule has 0 radical (unpaired) electrons. The molecule has 1 aromatic heterocycles. The molecule has 0 aliphatic carbocycles. The molecule has 0 aromatic carbocycles. The molecule has 2 aliphatic rings. The zero-order chi connectivity index (χ0) is 14.0. The Morgan fingerprint density at radius 3 is 2.65 bits per heavy atom. The van der Waals surface area contributed by atoms with Gasteiger partial charge in [-0.15, -0.1) is 0 Å². The van der Waals surface area contributed by atoms with Gasteiger partial charge in [0.15, 0.2) is 0 Å². The zero-order valence-electron chi connectivity index (χ0n) is 12.6. The van der Waals surface area contributed by atoms with Crippen LogP contribution in [0.5, 0.6) is 0 Å². The summed E-state index contributed by atoms with van der Waals surface area (Å²) >= 11 is 0. The van der Waals surface area contributed by atoms with Crippen LogP contribution in [0.25, 0.3) is 0 Å². The van der Waals surface area contributed by atoms with E-state index < -0.39 is 0 Å². The maximum atomic E-state index is 6.10. The van der Waals surface area contributed by atoms with Crippen molar-refractivity contribution < 1.29 is 4.74 Å². The van der Waals surface area contributed by atoms with Crippen molar-refractivity contribution in [3.8, 4) is 0 Å². The largest absolute Gasteiger partial charge is 0.371 e. The summed E-state index contributed by atoms with van der Waals surface area (Å²) in [6, 6.07) is 6.13. The van der Waals surface area contributed by atoms with Gasteiger partial charge in [0.25, 0.3) is 0 Å². The molecule has 1 aromatic rings. The molecule has 0 N–H and O–H groups in total. The quantitative estimate of drug-likeness (QED) is 0.845. The van der Waals surface area contributed by atoms with E-state index in [0.29, 0.717) is 6.10 Å². The molecule has 0 bridgehead atoms. The molecule has 1 unspecified atom stereocenters. The lowest BCUT2D eigenvalue weighted by atomic mass is 10.1. The second-order valence-electron chi connectivity index (χ2n) is 6.51. The highest BCUT2D eigenvalue weighted by Crippen LogP contribution is 2.29. The Morgan fingerprint density at radius 1 is 1.25 bits per heavy atom. The van der Waals surface area contributed by atoms with Gasteiger partial charge < -0.3 is 9.64 Å². The standard InChI is InChI=1S/C16H25N3O/c1-16(2)7-6-14(20-16)13-18-9-11-19(12-10-18)15-5-3-4-8-17-15/h3-5,8,14H,6-7,9-13H2,1-2H3. The van der Waals surface area contributed by atoms with E-state index in [9.17, 15) is 0 Å². The van der Waals surface area contributed by atoms with E-state index >= 15 is 0 Å². The maximum absolute atomic E-state index is 6.10. The van der Waals surface area contributed by atoms with Crippen molar-refractivity contribution in [2.75, 3.05) is 37.6 Å². The Morgan fingerprint density at radius 2 is 2.05 bits per heavy atom. The van der Waals surface area contributed by atoms with E-state index in [1.165, 1.54) is 12.8 Å². The smallest absolute Gasteiger partial charge is 0.128 e. The van der Waals surface area contributed by atoms with Gasteiger partial charge in [-0.3, -0.25) is 4.90 Å². The fourth-order valence-corrected chi connectivity index (χ4v) is 3.19. The van der Waals surface area contributed by atoms with Crippen LogP contribution in [0, 0.1) is 0 Å². The number of hydrogen-bond donors (Lipinski definition) is 0. The molecule has 1 atom stereocenters. The van der Waals surface area contributed by atoms with E-state index in [2.05, 4.69) is 40.8 Å². The van der Waals surface area contributed by atoms with E-state index in [1.807, 2.05) is 12.3 Å². The average molecular weight is 275 g/mol. The third kappa shape index (κ3) is 3.30. The van der Waals surface area contributed by atoms with Crippen LogP contribution in [-0.4, -0.2) is 54.3 Å². The van der Waals surface area contributed by atoms with Gasteiger partial charge in [0, 0.05) is 38.9 Å². The summed E-state index contributed by atoms with van der Waals surface area (Å²) in [5, 5.41) is 0. The number of ether oxygens (including phenoxy) is 1. The second-order valence-corrected chi connectivity index (χ2v) is 6.51. The van der Waals surface area contributed by atoms with Crippen LogP contribution in [0.3, 0.4) is 0 Å². The lowest BCUT2D eigenvalue weighted by Gasteiger charge is -2.36. The third-order valence-electron chi connectivity index (χ3n) is 4.36. The summed E-state index contributed by atoms with van der Waals surface area (Å²) in [5.41, 5.74) is 0.0838. The summed E-state index contributed by atoms with van der Waals surface area (Å²) in [5.74, 6) is 1.10. The number of nitrogens with zero attached hydrogens (tertiary/aromatic N) is 3. The van der Waals surface area contributed by atoms with Crippen LogP contribution in [0.15, 0.2) is 24.4 Å². The van der Waals surface area contributed by atoms with Crippen molar-refractivity contribution in [2.24, 2.45) is 0 Å². The number of rotatable bonds is 3. The predicted octanol–water partition coefficient (Wildman–Crippen LogP) is 2.16. The monoisotopic (exact) mass is 275 g/mol. The number of pyridine rings is 1. The molecular weight excluding hydrogens is 250 g/mol. The molecular formula is C16H25N3O. The van der Waals surface area contributed by atoms with Gasteiger partial charge in [0.2, 0.25) is 0 Å². The first-order valence-electron chi connectivity index (χ1n) is 7.69. The van der Waals surface area contributed by atoms with Crippen LogP contribution in [0.2, 0.25) is 0 Å². The van der Waals surface area contributed by atoms with E-state index in [4.69, 9.17) is 4.74 Å². The highest BCUT2D eigenvalue weighted by Gasteiger charge is 2.33. The van der Waals surface area contributed by atoms with Crippen LogP contribution in [-0.2, 0) is 4.74 Å². The van der Waals surface area contributed by atoms with Gasteiger partial charge >= 0.3 is 0 Å². The maximum Gasteiger partial charge on any atom is 0.128 e. The van der Waals surface area contributed by atoms with Crippen LogP contribution >= 0.6 is 0 Å². The molecule has 2 saturated heterocycles. The Hall–Kier alpha value is -1.13. The normalized spacial score (nSPS) is 26.9. The second kappa shape index (κ2) is 5.70. The Balaban J connectivity index is 1.47. The molecule has 4 nitrogen and oxygen atoms in total. The molecule has 0 amide bonds. The minimum atomic E-state index is 0.0838. The SMILES string of the molecule is CC1(C)CCC(CN2CCN(c3ccccn3)CC2)O1. The molecule has 2 fully saturated rings. The minimum absolute atomic E-state index is 0.0838. The lowest BCUT2D eigenvalue weighted by Crippen LogP contribution is -2.49. The fraction of sp³-hybridized carbons (Fsp3) is 0.688. The highest BCUT2D eigenvalue weighted by molar-refractivity contribution is 5.38. The predicted molar refractivity (Wildman–Crippen MR) is 81.1 cm³/mol. The molecule has 110 valence electrons. The minimum Gasteiger partial charge on any atom is -0.371 e. The molecule has 20 heavy (non-hydrogen) atoms. The zero-order valence-corrected chi connectivity index (χ0v) is 12.6. The highest BCUT2D eigenvalue weighted by atomic mass is 16.5. The Kier molecular flexibility index (Phi) is 3.94. The first-order chi connectivity index (χ1) is 9.62. The van der Waals surface area contributed by atoms with Gasteiger partial charge in [-0.2, -0.15) is 0 Å².